The summed E-state index contributed by atoms with van der Waals surface area (Å²) in [6.45, 7) is 0. The van der Waals surface area contributed by atoms with Crippen molar-refractivity contribution in [2.75, 3.05) is 4.72 Å². The van der Waals surface area contributed by atoms with Crippen molar-refractivity contribution in [2.24, 2.45) is 5.10 Å². The van der Waals surface area contributed by atoms with Gasteiger partial charge in [0.15, 0.2) is 0 Å². The second kappa shape index (κ2) is 9.77. The van der Waals surface area contributed by atoms with Crippen molar-refractivity contribution >= 4 is 56.7 Å². The quantitative estimate of drug-likeness (QED) is 0.285. The van der Waals surface area contributed by atoms with Crippen LogP contribution in [0.25, 0.3) is 0 Å². The lowest BCUT2D eigenvalue weighted by Crippen LogP contribution is -2.18. The van der Waals surface area contributed by atoms with E-state index < -0.39 is 20.9 Å². The van der Waals surface area contributed by atoms with Gasteiger partial charge in [-0.25, -0.2) is 13.8 Å². The molecule has 0 atom stereocenters. The first-order valence-electron chi connectivity index (χ1n) is 8.81. The van der Waals surface area contributed by atoms with Crippen LogP contribution in [0.5, 0.6) is 0 Å². The summed E-state index contributed by atoms with van der Waals surface area (Å²) < 4.78 is 27.2. The molecule has 1 amide bonds. The fraction of sp³-hybridized carbons (Fsp3) is 0. The molecule has 0 spiro atoms. The third-order valence-corrected chi connectivity index (χ3v) is 6.08. The highest BCUT2D eigenvalue weighted by atomic mass is 35.5. The van der Waals surface area contributed by atoms with Gasteiger partial charge in [0.25, 0.3) is 21.6 Å². The van der Waals surface area contributed by atoms with Gasteiger partial charge >= 0.3 is 0 Å². The minimum absolute atomic E-state index is 0.0397. The van der Waals surface area contributed by atoms with Crippen LogP contribution >= 0.6 is 23.2 Å². The number of carbonyl (C=O) groups excluding carboxylic acids is 1. The maximum atomic E-state index is 12.4. The largest absolute Gasteiger partial charge is 0.280 e. The molecule has 0 aliphatic heterocycles. The Morgan fingerprint density at radius 2 is 1.66 bits per heavy atom. The second-order valence-corrected chi connectivity index (χ2v) is 8.82. The lowest BCUT2D eigenvalue weighted by molar-refractivity contribution is -0.384. The molecule has 0 aliphatic rings. The molecule has 9 nitrogen and oxygen atoms in total. The zero-order valence-corrected chi connectivity index (χ0v) is 18.4. The lowest BCUT2D eigenvalue weighted by Gasteiger charge is -2.09. The monoisotopic (exact) mass is 492 g/mol. The predicted molar refractivity (Wildman–Crippen MR) is 122 cm³/mol. The van der Waals surface area contributed by atoms with E-state index in [0.29, 0.717) is 5.02 Å². The number of nitrogens with zero attached hydrogens (tertiary/aromatic N) is 2. The number of carbonyl (C=O) groups is 1. The Balaban J connectivity index is 1.65. The summed E-state index contributed by atoms with van der Waals surface area (Å²) in [6.07, 6.45) is 1.18. The van der Waals surface area contributed by atoms with Crippen LogP contribution in [0, 0.1) is 10.1 Å². The summed E-state index contributed by atoms with van der Waals surface area (Å²) >= 11 is 11.7. The van der Waals surface area contributed by atoms with E-state index in [1.165, 1.54) is 72.9 Å². The highest BCUT2D eigenvalue weighted by molar-refractivity contribution is 7.92. The average molecular weight is 493 g/mol. The minimum atomic E-state index is -3.81. The smallest absolute Gasteiger partial charge is 0.271 e. The first-order chi connectivity index (χ1) is 15.2. The van der Waals surface area contributed by atoms with Gasteiger partial charge in [-0.05, 0) is 54.6 Å². The van der Waals surface area contributed by atoms with E-state index in [1.807, 2.05) is 0 Å². The molecule has 0 saturated heterocycles. The van der Waals surface area contributed by atoms with Crippen LogP contribution in [-0.4, -0.2) is 25.5 Å². The molecule has 3 aromatic rings. The highest BCUT2D eigenvalue weighted by Crippen LogP contribution is 2.21. The van der Waals surface area contributed by atoms with E-state index >= 15 is 0 Å². The molecular formula is C20H14Cl2N4O5S. The molecule has 32 heavy (non-hydrogen) atoms. The number of rotatable bonds is 7. The van der Waals surface area contributed by atoms with Crippen molar-refractivity contribution < 1.29 is 18.1 Å². The molecule has 0 radical (unpaired) electrons. The van der Waals surface area contributed by atoms with Crippen LogP contribution in [0.2, 0.25) is 10.0 Å². The molecule has 12 heteroatoms. The minimum Gasteiger partial charge on any atom is -0.280 e. The van der Waals surface area contributed by atoms with Gasteiger partial charge in [-0.15, -0.1) is 0 Å². The van der Waals surface area contributed by atoms with E-state index in [1.54, 1.807) is 0 Å². The van der Waals surface area contributed by atoms with Crippen LogP contribution in [0.1, 0.15) is 15.9 Å². The number of nitro benzene ring substituents is 1. The molecule has 0 bridgehead atoms. The van der Waals surface area contributed by atoms with Crippen molar-refractivity contribution in [2.45, 2.75) is 4.90 Å². The first-order valence-corrected chi connectivity index (χ1v) is 11.1. The number of hydrazone groups is 1. The lowest BCUT2D eigenvalue weighted by atomic mass is 10.2. The Kier molecular flexibility index (Phi) is 7.08. The maximum Gasteiger partial charge on any atom is 0.271 e. The van der Waals surface area contributed by atoms with Crippen LogP contribution < -0.4 is 10.1 Å². The summed E-state index contributed by atoms with van der Waals surface area (Å²) in [4.78, 5) is 22.5. The van der Waals surface area contributed by atoms with Gasteiger partial charge in [0.05, 0.1) is 16.0 Å². The van der Waals surface area contributed by atoms with E-state index in [2.05, 4.69) is 15.2 Å². The van der Waals surface area contributed by atoms with Crippen molar-refractivity contribution in [1.29, 1.82) is 0 Å². The van der Waals surface area contributed by atoms with Crippen molar-refractivity contribution in [3.8, 4) is 0 Å². The Morgan fingerprint density at radius 1 is 1.00 bits per heavy atom. The third kappa shape index (κ3) is 5.82. The van der Waals surface area contributed by atoms with Gasteiger partial charge < -0.3 is 0 Å². The fourth-order valence-corrected chi connectivity index (χ4v) is 3.84. The maximum absolute atomic E-state index is 12.4. The molecule has 0 aromatic heterocycles. The Bertz CT molecular complexity index is 1290. The first kappa shape index (κ1) is 23.2. The number of halogens is 2. The number of nitrogens with one attached hydrogen (secondary N) is 2. The number of anilines is 1. The van der Waals surface area contributed by atoms with Gasteiger partial charge in [-0.2, -0.15) is 5.10 Å². The van der Waals surface area contributed by atoms with E-state index in [4.69, 9.17) is 23.2 Å². The van der Waals surface area contributed by atoms with Crippen LogP contribution in [0.4, 0.5) is 11.4 Å². The summed E-state index contributed by atoms with van der Waals surface area (Å²) in [5, 5.41) is 15.2. The Hall–Kier alpha value is -3.47. The predicted octanol–water partition coefficient (Wildman–Crippen LogP) is 4.47. The van der Waals surface area contributed by atoms with Crippen LogP contribution in [-0.2, 0) is 10.0 Å². The number of amides is 1. The molecule has 3 aromatic carbocycles. The fourth-order valence-electron chi connectivity index (χ4n) is 2.49. The van der Waals surface area contributed by atoms with Gasteiger partial charge in [0.2, 0.25) is 0 Å². The Labute approximate surface area is 192 Å². The number of hydrogen-bond acceptors (Lipinski definition) is 6. The van der Waals surface area contributed by atoms with Crippen molar-refractivity contribution in [3.63, 3.8) is 0 Å². The number of sulfonamides is 1. The molecule has 0 unspecified atom stereocenters. The average Bonchev–Trinajstić information content (AvgIpc) is 2.75. The summed E-state index contributed by atoms with van der Waals surface area (Å²) in [7, 11) is -3.81. The van der Waals surface area contributed by atoms with E-state index in [0.717, 1.165) is 0 Å². The summed E-state index contributed by atoms with van der Waals surface area (Å²) in [5.41, 5.74) is 2.83. The summed E-state index contributed by atoms with van der Waals surface area (Å²) in [5.74, 6) is -0.574. The normalized spacial score (nSPS) is 11.3. The van der Waals surface area contributed by atoms with Gasteiger partial charge in [0.1, 0.15) is 0 Å². The van der Waals surface area contributed by atoms with E-state index in [-0.39, 0.29) is 32.4 Å². The van der Waals surface area contributed by atoms with Crippen molar-refractivity contribution in [1.82, 2.24) is 5.43 Å². The van der Waals surface area contributed by atoms with Crippen LogP contribution in [0.15, 0.2) is 76.7 Å². The molecule has 164 valence electrons. The standard InChI is InChI=1S/C20H14Cl2N4O5S/c21-15-3-8-18(9-4-15)32(30,31)25-16-5-1-13(2-6-16)20(27)24-23-12-14-11-17(26(28)29)7-10-19(14)22/h1-12,25H,(H,24,27)/b23-12-. The molecule has 2 N–H and O–H groups in total. The number of hydrogen-bond donors (Lipinski definition) is 2. The van der Waals surface area contributed by atoms with Gasteiger partial charge in [0, 0.05) is 39.0 Å². The zero-order chi connectivity index (χ0) is 23.3. The molecule has 0 fully saturated rings. The zero-order valence-electron chi connectivity index (χ0n) is 16.0. The van der Waals surface area contributed by atoms with Gasteiger partial charge in [-0.1, -0.05) is 23.2 Å². The molecule has 0 heterocycles. The van der Waals surface area contributed by atoms with Gasteiger partial charge in [-0.3, -0.25) is 19.6 Å². The topological polar surface area (TPSA) is 131 Å². The molecule has 0 aliphatic carbocycles. The number of benzene rings is 3. The van der Waals surface area contributed by atoms with Crippen LogP contribution in [0.3, 0.4) is 0 Å². The number of non-ortho nitro benzene ring substituents is 1. The van der Waals surface area contributed by atoms with E-state index in [9.17, 15) is 23.3 Å². The van der Waals surface area contributed by atoms with Crippen molar-refractivity contribution in [3.05, 3.63) is 98.0 Å². The molecular weight excluding hydrogens is 479 g/mol. The third-order valence-electron chi connectivity index (χ3n) is 4.08. The Morgan fingerprint density at radius 3 is 2.28 bits per heavy atom. The molecule has 3 rings (SSSR count). The highest BCUT2D eigenvalue weighted by Gasteiger charge is 2.14. The summed E-state index contributed by atoms with van der Waals surface area (Å²) in [6, 6.07) is 15.2. The number of nitro groups is 1. The second-order valence-electron chi connectivity index (χ2n) is 6.30. The SMILES string of the molecule is O=C(N/N=C\c1cc([N+](=O)[O-])ccc1Cl)c1ccc(NS(=O)(=O)c2ccc(Cl)cc2)cc1. The molecule has 0 saturated carbocycles.